The third-order valence-electron chi connectivity index (χ3n) is 8.54. The molecule has 0 saturated heterocycles. The van der Waals surface area contributed by atoms with Gasteiger partial charge < -0.3 is 24.8 Å². The van der Waals surface area contributed by atoms with Crippen LogP contribution in [0.1, 0.15) is 59.5 Å². The molecule has 0 unspecified atom stereocenters. The van der Waals surface area contributed by atoms with Crippen molar-refractivity contribution in [2.45, 2.75) is 44.6 Å². The highest BCUT2D eigenvalue weighted by Gasteiger charge is 2.28. The van der Waals surface area contributed by atoms with Gasteiger partial charge in [-0.1, -0.05) is 67.8 Å². The number of aromatic nitrogens is 1. The Bertz CT molecular complexity index is 1770. The minimum atomic E-state index is -1.04. The number of hydrogen-bond donors (Lipinski definition) is 2. The van der Waals surface area contributed by atoms with Crippen molar-refractivity contribution in [3.63, 3.8) is 0 Å². The van der Waals surface area contributed by atoms with Crippen LogP contribution < -0.4 is 5.32 Å². The molecule has 238 valence electrons. The molecule has 1 saturated carbocycles. The zero-order chi connectivity index (χ0) is 32.8. The Morgan fingerprint density at radius 3 is 2.26 bits per heavy atom. The number of aliphatic carboxylic acids is 1. The molecule has 4 aromatic rings. The van der Waals surface area contributed by atoms with E-state index in [0.29, 0.717) is 22.7 Å². The topological polar surface area (TPSA) is 112 Å². The van der Waals surface area contributed by atoms with Crippen molar-refractivity contribution in [2.24, 2.45) is 0 Å². The summed E-state index contributed by atoms with van der Waals surface area (Å²) >= 11 is 0. The molecule has 0 spiro atoms. The molecule has 1 fully saturated rings. The van der Waals surface area contributed by atoms with Crippen LogP contribution in [0.4, 0.5) is 5.69 Å². The maximum absolute atomic E-state index is 13.7. The Kier molecular flexibility index (Phi) is 10.0. The number of carboxylic acid groups (broad SMARTS) is 1. The summed E-state index contributed by atoms with van der Waals surface area (Å²) in [6.07, 6.45) is 8.23. The molecule has 0 atom stereocenters. The molecule has 3 amide bonds. The first kappa shape index (κ1) is 32.2. The monoisotopic (exact) mass is 620 g/mol. The Morgan fingerprint density at radius 2 is 1.61 bits per heavy atom. The van der Waals surface area contributed by atoms with Crippen LogP contribution >= 0.6 is 0 Å². The zero-order valence-corrected chi connectivity index (χ0v) is 26.5. The first-order chi connectivity index (χ1) is 22.1. The highest BCUT2D eigenvalue weighted by molar-refractivity contribution is 6.03. The van der Waals surface area contributed by atoms with Gasteiger partial charge in [0.25, 0.3) is 5.91 Å². The van der Waals surface area contributed by atoms with Gasteiger partial charge in [0.15, 0.2) is 0 Å². The summed E-state index contributed by atoms with van der Waals surface area (Å²) in [5.74, 6) is -1.39. The number of carbonyl (C=O) groups is 4. The molecule has 5 rings (SSSR count). The lowest BCUT2D eigenvalue weighted by molar-refractivity contribution is -0.131. The average molecular weight is 621 g/mol. The van der Waals surface area contributed by atoms with Gasteiger partial charge in [-0.15, -0.1) is 0 Å². The number of carbonyl (C=O) groups excluding carboxylic acids is 3. The smallest absolute Gasteiger partial charge is 0.328 e. The quantitative estimate of drug-likeness (QED) is 0.204. The SMILES string of the molecule is CN(C)C(=O)Cn1c(-c2ccccc2)c(C2CCCCC2)c2ccc(C(=O)N(C)CC(=O)Nc3ccc(C=CC(=O)O)cc3)cc21. The van der Waals surface area contributed by atoms with Gasteiger partial charge in [-0.25, -0.2) is 4.79 Å². The number of hydrogen-bond acceptors (Lipinski definition) is 4. The molecular formula is C37H40N4O5. The predicted molar refractivity (Wildman–Crippen MR) is 181 cm³/mol. The van der Waals surface area contributed by atoms with E-state index in [-0.39, 0.29) is 30.8 Å². The number of nitrogens with one attached hydrogen (secondary N) is 1. The number of rotatable bonds is 10. The Labute approximate surface area is 269 Å². The van der Waals surface area contributed by atoms with E-state index in [4.69, 9.17) is 5.11 Å². The number of amides is 3. The Balaban J connectivity index is 1.45. The van der Waals surface area contributed by atoms with E-state index in [1.54, 1.807) is 50.3 Å². The number of benzene rings is 3. The maximum Gasteiger partial charge on any atom is 0.328 e. The lowest BCUT2D eigenvalue weighted by Gasteiger charge is -2.24. The lowest BCUT2D eigenvalue weighted by atomic mass is 9.82. The highest BCUT2D eigenvalue weighted by Crippen LogP contribution is 2.44. The van der Waals surface area contributed by atoms with E-state index in [0.717, 1.165) is 53.9 Å². The fourth-order valence-electron chi connectivity index (χ4n) is 6.22. The fraction of sp³-hybridized carbons (Fsp3) is 0.297. The van der Waals surface area contributed by atoms with Gasteiger partial charge >= 0.3 is 5.97 Å². The van der Waals surface area contributed by atoms with Crippen LogP contribution in [0.25, 0.3) is 28.2 Å². The van der Waals surface area contributed by atoms with Crippen LogP contribution in [0, 0.1) is 0 Å². The van der Waals surface area contributed by atoms with Gasteiger partial charge in [0.2, 0.25) is 11.8 Å². The molecule has 1 aromatic heterocycles. The van der Waals surface area contributed by atoms with Gasteiger partial charge in [-0.3, -0.25) is 14.4 Å². The first-order valence-electron chi connectivity index (χ1n) is 15.6. The van der Waals surface area contributed by atoms with Crippen LogP contribution in [0.2, 0.25) is 0 Å². The second kappa shape index (κ2) is 14.3. The van der Waals surface area contributed by atoms with Crippen molar-refractivity contribution in [1.29, 1.82) is 0 Å². The Hall–Kier alpha value is -5.18. The van der Waals surface area contributed by atoms with E-state index in [1.165, 1.54) is 23.0 Å². The minimum absolute atomic E-state index is 0.0410. The zero-order valence-electron chi connectivity index (χ0n) is 26.5. The van der Waals surface area contributed by atoms with Crippen molar-refractivity contribution in [2.75, 3.05) is 33.0 Å². The molecule has 0 aliphatic heterocycles. The van der Waals surface area contributed by atoms with Crippen molar-refractivity contribution in [3.05, 3.63) is 95.6 Å². The summed E-state index contributed by atoms with van der Waals surface area (Å²) in [5, 5.41) is 12.6. The van der Waals surface area contributed by atoms with E-state index < -0.39 is 5.97 Å². The standard InChI is InChI=1S/C37H40N4O5/c1-39(2)33(43)24-41-31-22-28(37(46)40(3)23-32(42)38-29-18-14-25(15-19-29)16-21-34(44)45)17-20-30(31)35(26-10-6-4-7-11-26)36(41)27-12-8-5-9-13-27/h5,8-9,12-22,26H,4,6-7,10-11,23-24H2,1-3H3,(H,38,42)(H,44,45). The number of nitrogens with zero attached hydrogens (tertiary/aromatic N) is 3. The van der Waals surface area contributed by atoms with E-state index >= 15 is 0 Å². The number of carboxylic acids is 1. The van der Waals surface area contributed by atoms with E-state index in [9.17, 15) is 19.2 Å². The van der Waals surface area contributed by atoms with Crippen LogP contribution in [-0.2, 0) is 20.9 Å². The van der Waals surface area contributed by atoms with Crippen molar-refractivity contribution in [3.8, 4) is 11.3 Å². The number of likely N-dealkylation sites (N-methyl/N-ethyl adjacent to an activating group) is 2. The molecule has 0 radical (unpaired) electrons. The highest BCUT2D eigenvalue weighted by atomic mass is 16.4. The van der Waals surface area contributed by atoms with Gasteiger partial charge in [0.1, 0.15) is 6.54 Å². The average Bonchev–Trinajstić information content (AvgIpc) is 3.37. The second-order valence-corrected chi connectivity index (χ2v) is 12.1. The predicted octanol–water partition coefficient (Wildman–Crippen LogP) is 6.25. The lowest BCUT2D eigenvalue weighted by Crippen LogP contribution is -2.35. The second-order valence-electron chi connectivity index (χ2n) is 12.1. The first-order valence-corrected chi connectivity index (χ1v) is 15.6. The minimum Gasteiger partial charge on any atom is -0.478 e. The molecule has 1 aliphatic rings. The van der Waals surface area contributed by atoms with Crippen molar-refractivity contribution < 1.29 is 24.3 Å². The largest absolute Gasteiger partial charge is 0.478 e. The molecule has 0 bridgehead atoms. The van der Waals surface area contributed by atoms with Crippen molar-refractivity contribution in [1.82, 2.24) is 14.4 Å². The summed E-state index contributed by atoms with van der Waals surface area (Å²) in [6, 6.07) is 22.6. The summed E-state index contributed by atoms with van der Waals surface area (Å²) in [5.41, 5.74) is 5.79. The van der Waals surface area contributed by atoms with Gasteiger partial charge in [-0.05, 0) is 65.8 Å². The fourth-order valence-corrected chi connectivity index (χ4v) is 6.22. The van der Waals surface area contributed by atoms with E-state index in [1.807, 2.05) is 36.4 Å². The molecule has 46 heavy (non-hydrogen) atoms. The molecule has 9 heteroatoms. The number of fused-ring (bicyclic) bond motifs is 1. The molecule has 1 aliphatic carbocycles. The van der Waals surface area contributed by atoms with Crippen LogP contribution in [-0.4, -0.2) is 70.9 Å². The van der Waals surface area contributed by atoms with Crippen molar-refractivity contribution >= 4 is 46.4 Å². The summed E-state index contributed by atoms with van der Waals surface area (Å²) in [6.45, 7) is -0.0263. The molecule has 1 heterocycles. The third-order valence-corrected chi connectivity index (χ3v) is 8.54. The van der Waals surface area contributed by atoms with Gasteiger partial charge in [-0.2, -0.15) is 0 Å². The summed E-state index contributed by atoms with van der Waals surface area (Å²) in [7, 11) is 5.08. The molecule has 9 nitrogen and oxygen atoms in total. The normalized spacial score (nSPS) is 13.5. The van der Waals surface area contributed by atoms with Gasteiger partial charge in [0.05, 0.1) is 17.8 Å². The molecule has 3 aromatic carbocycles. The van der Waals surface area contributed by atoms with Gasteiger partial charge in [0, 0.05) is 43.9 Å². The van der Waals surface area contributed by atoms with Crippen LogP contribution in [0.5, 0.6) is 0 Å². The summed E-state index contributed by atoms with van der Waals surface area (Å²) in [4.78, 5) is 53.4. The Morgan fingerprint density at radius 1 is 0.913 bits per heavy atom. The van der Waals surface area contributed by atoms with E-state index in [2.05, 4.69) is 22.0 Å². The van der Waals surface area contributed by atoms with Crippen LogP contribution in [0.3, 0.4) is 0 Å². The summed E-state index contributed by atoms with van der Waals surface area (Å²) < 4.78 is 2.07. The molecule has 2 N–H and O–H groups in total. The number of anilines is 1. The molecular weight excluding hydrogens is 580 g/mol. The third kappa shape index (κ3) is 7.37. The van der Waals surface area contributed by atoms with Crippen LogP contribution in [0.15, 0.2) is 78.9 Å². The maximum atomic E-state index is 13.7.